The molecule has 0 aliphatic heterocycles. The van der Waals surface area contributed by atoms with Crippen molar-refractivity contribution in [3.8, 4) is 9.75 Å². The molecule has 2 rings (SSSR count). The molecule has 19 heavy (non-hydrogen) atoms. The minimum atomic E-state index is 0.0297. The quantitative estimate of drug-likeness (QED) is 0.644. The highest BCUT2D eigenvalue weighted by Crippen LogP contribution is 2.45. The summed E-state index contributed by atoms with van der Waals surface area (Å²) >= 11 is 9.00. The maximum absolute atomic E-state index is 11.3. The van der Waals surface area contributed by atoms with Gasteiger partial charge in [0.15, 0.2) is 10.2 Å². The molecular weight excluding hydrogens is 384 g/mol. The second kappa shape index (κ2) is 6.58. The van der Waals surface area contributed by atoms with Crippen molar-refractivity contribution in [1.29, 1.82) is 0 Å². The highest BCUT2D eigenvalue weighted by molar-refractivity contribution is 9.11. The molecule has 7 heteroatoms. The molecule has 0 radical (unpaired) electrons. The molecule has 0 atom stereocenters. The van der Waals surface area contributed by atoms with Gasteiger partial charge in [-0.25, -0.2) is 0 Å². The molecule has 2 heterocycles. The number of thiophene rings is 2. The predicted octanol–water partition coefficient (Wildman–Crippen LogP) is 5.52. The lowest BCUT2D eigenvalue weighted by molar-refractivity contribution is -0.110. The minimum Gasteiger partial charge on any atom is -0.287 e. The standard InChI is InChI=1S/C12H9BrO2S4/c1-6(14)16-10-5-9(8-3-4-11(13)18-8)19-12(10)17-7(2)15/h3-5H,1-2H3. The van der Waals surface area contributed by atoms with Crippen molar-refractivity contribution in [2.75, 3.05) is 0 Å². The fraction of sp³-hybridized carbons (Fsp3) is 0.167. The Hall–Kier alpha value is -0.0800. The highest BCUT2D eigenvalue weighted by Gasteiger charge is 2.16. The first-order chi connectivity index (χ1) is 8.95. The topological polar surface area (TPSA) is 34.1 Å². The molecule has 0 saturated carbocycles. The van der Waals surface area contributed by atoms with Crippen LogP contribution in [0.4, 0.5) is 0 Å². The van der Waals surface area contributed by atoms with Crippen molar-refractivity contribution in [3.63, 3.8) is 0 Å². The Labute approximate surface area is 136 Å². The number of halogens is 1. The second-order valence-electron chi connectivity index (χ2n) is 3.55. The predicted molar refractivity (Wildman–Crippen MR) is 88.4 cm³/mol. The summed E-state index contributed by atoms with van der Waals surface area (Å²) in [6.07, 6.45) is 0. The summed E-state index contributed by atoms with van der Waals surface area (Å²) in [5.41, 5.74) is 0. The van der Waals surface area contributed by atoms with Gasteiger partial charge in [-0.2, -0.15) is 0 Å². The molecule has 0 spiro atoms. The SMILES string of the molecule is CC(=O)Sc1cc(-c2ccc(Br)s2)sc1SC(C)=O. The van der Waals surface area contributed by atoms with Crippen LogP contribution in [0.2, 0.25) is 0 Å². The summed E-state index contributed by atoms with van der Waals surface area (Å²) in [7, 11) is 0. The minimum absolute atomic E-state index is 0.0297. The fourth-order valence-electron chi connectivity index (χ4n) is 1.35. The normalized spacial score (nSPS) is 10.7. The average molecular weight is 393 g/mol. The third kappa shape index (κ3) is 4.19. The summed E-state index contributed by atoms with van der Waals surface area (Å²) in [5.74, 6) is 0. The maximum atomic E-state index is 11.3. The molecule has 0 unspecified atom stereocenters. The molecule has 0 N–H and O–H groups in total. The Morgan fingerprint density at radius 1 is 1.05 bits per heavy atom. The Kier molecular flexibility index (Phi) is 5.30. The smallest absolute Gasteiger partial charge is 0.191 e. The van der Waals surface area contributed by atoms with Gasteiger partial charge < -0.3 is 0 Å². The lowest BCUT2D eigenvalue weighted by Gasteiger charge is -1.96. The van der Waals surface area contributed by atoms with E-state index in [2.05, 4.69) is 15.9 Å². The van der Waals surface area contributed by atoms with Crippen LogP contribution < -0.4 is 0 Å². The zero-order chi connectivity index (χ0) is 14.0. The van der Waals surface area contributed by atoms with E-state index >= 15 is 0 Å². The summed E-state index contributed by atoms with van der Waals surface area (Å²) in [6.45, 7) is 3.07. The zero-order valence-corrected chi connectivity index (χ0v) is 14.9. The number of hydrogen-bond donors (Lipinski definition) is 0. The van der Waals surface area contributed by atoms with Gasteiger partial charge in [0, 0.05) is 28.5 Å². The van der Waals surface area contributed by atoms with Crippen molar-refractivity contribution in [1.82, 2.24) is 0 Å². The summed E-state index contributed by atoms with van der Waals surface area (Å²) < 4.78 is 1.96. The highest BCUT2D eigenvalue weighted by atomic mass is 79.9. The number of carbonyl (C=O) groups excluding carboxylic acids is 2. The van der Waals surface area contributed by atoms with E-state index in [1.165, 1.54) is 37.4 Å². The van der Waals surface area contributed by atoms with E-state index < -0.39 is 0 Å². The van der Waals surface area contributed by atoms with E-state index in [4.69, 9.17) is 0 Å². The molecule has 0 amide bonds. The van der Waals surface area contributed by atoms with Crippen LogP contribution in [-0.2, 0) is 9.59 Å². The summed E-state index contributed by atoms with van der Waals surface area (Å²) in [6, 6.07) is 6.01. The van der Waals surface area contributed by atoms with Crippen molar-refractivity contribution >= 4 is 72.4 Å². The van der Waals surface area contributed by atoms with Gasteiger partial charge in [-0.05, 0) is 45.9 Å². The number of thioether (sulfide) groups is 2. The van der Waals surface area contributed by atoms with Crippen LogP contribution >= 0.6 is 62.1 Å². The van der Waals surface area contributed by atoms with Gasteiger partial charge in [-0.15, -0.1) is 22.7 Å². The van der Waals surface area contributed by atoms with E-state index in [1.807, 2.05) is 18.2 Å². The largest absolute Gasteiger partial charge is 0.287 e. The number of hydrogen-bond acceptors (Lipinski definition) is 6. The molecule has 0 fully saturated rings. The molecule has 0 bridgehead atoms. The van der Waals surface area contributed by atoms with E-state index in [0.29, 0.717) is 0 Å². The lowest BCUT2D eigenvalue weighted by atomic mass is 10.4. The van der Waals surface area contributed by atoms with E-state index in [9.17, 15) is 9.59 Å². The van der Waals surface area contributed by atoms with Gasteiger partial charge in [0.25, 0.3) is 0 Å². The van der Waals surface area contributed by atoms with Crippen LogP contribution in [-0.4, -0.2) is 10.2 Å². The Balaban J connectivity index is 2.38. The summed E-state index contributed by atoms with van der Waals surface area (Å²) in [5, 5.41) is 0.0632. The fourth-order valence-corrected chi connectivity index (χ4v) is 5.96. The van der Waals surface area contributed by atoms with Crippen LogP contribution in [0, 0.1) is 0 Å². The van der Waals surface area contributed by atoms with Gasteiger partial charge in [0.05, 0.1) is 8.00 Å². The van der Waals surface area contributed by atoms with Crippen LogP contribution in [0.15, 0.2) is 31.1 Å². The first-order valence-corrected chi connectivity index (χ1v) is 9.28. The monoisotopic (exact) mass is 392 g/mol. The number of carbonyl (C=O) groups is 2. The molecule has 2 nitrogen and oxygen atoms in total. The van der Waals surface area contributed by atoms with Gasteiger partial charge in [0.1, 0.15) is 0 Å². The Morgan fingerprint density at radius 3 is 2.26 bits per heavy atom. The third-order valence-electron chi connectivity index (χ3n) is 1.97. The van der Waals surface area contributed by atoms with Crippen LogP contribution in [0.3, 0.4) is 0 Å². The van der Waals surface area contributed by atoms with Gasteiger partial charge in [-0.1, -0.05) is 11.8 Å². The second-order valence-corrected chi connectivity index (χ2v) is 9.73. The lowest BCUT2D eigenvalue weighted by Crippen LogP contribution is -1.82. The molecule has 100 valence electrons. The van der Waals surface area contributed by atoms with E-state index in [1.54, 1.807) is 22.7 Å². The van der Waals surface area contributed by atoms with Crippen LogP contribution in [0.5, 0.6) is 0 Å². The molecule has 2 aromatic rings. The molecule has 2 aromatic heterocycles. The maximum Gasteiger partial charge on any atom is 0.191 e. The molecule has 0 aromatic carbocycles. The van der Waals surface area contributed by atoms with Gasteiger partial charge >= 0.3 is 0 Å². The van der Waals surface area contributed by atoms with E-state index in [0.717, 1.165) is 22.6 Å². The van der Waals surface area contributed by atoms with Crippen molar-refractivity contribution in [2.24, 2.45) is 0 Å². The molecule has 0 aliphatic rings. The molecule has 0 saturated heterocycles. The average Bonchev–Trinajstić information content (AvgIpc) is 2.85. The van der Waals surface area contributed by atoms with Crippen LogP contribution in [0.25, 0.3) is 9.75 Å². The van der Waals surface area contributed by atoms with Crippen molar-refractivity contribution in [2.45, 2.75) is 23.0 Å². The number of rotatable bonds is 3. The molecule has 0 aliphatic carbocycles. The van der Waals surface area contributed by atoms with Gasteiger partial charge in [0.2, 0.25) is 0 Å². The summed E-state index contributed by atoms with van der Waals surface area (Å²) in [4.78, 5) is 25.6. The van der Waals surface area contributed by atoms with Crippen molar-refractivity contribution in [3.05, 3.63) is 22.0 Å². The zero-order valence-electron chi connectivity index (χ0n) is 10.1. The first-order valence-electron chi connectivity index (χ1n) is 5.22. The van der Waals surface area contributed by atoms with Crippen LogP contribution in [0.1, 0.15) is 13.8 Å². The third-order valence-corrected chi connectivity index (χ3v) is 7.00. The Morgan fingerprint density at radius 2 is 1.74 bits per heavy atom. The van der Waals surface area contributed by atoms with E-state index in [-0.39, 0.29) is 10.2 Å². The van der Waals surface area contributed by atoms with Crippen molar-refractivity contribution < 1.29 is 9.59 Å². The van der Waals surface area contributed by atoms with Gasteiger partial charge in [-0.3, -0.25) is 9.59 Å². The molecular formula is C12H9BrO2S4. The first kappa shape index (κ1) is 15.3. The Bertz CT molecular complexity index is 596.